The van der Waals surface area contributed by atoms with Gasteiger partial charge in [-0.3, -0.25) is 43.7 Å². The van der Waals surface area contributed by atoms with Crippen LogP contribution in [0.25, 0.3) is 5.57 Å². The molecule has 2 fully saturated rings. The van der Waals surface area contributed by atoms with Crippen LogP contribution in [0.5, 0.6) is 5.75 Å². The van der Waals surface area contributed by atoms with Gasteiger partial charge in [0.25, 0.3) is 0 Å². The van der Waals surface area contributed by atoms with Gasteiger partial charge in [0.2, 0.25) is 47.3 Å². The number of benzene rings is 5. The Hall–Kier alpha value is -10.1. The predicted octanol–water partition coefficient (Wildman–Crippen LogP) is 9.15. The third-order valence-electron chi connectivity index (χ3n) is 23.9. The minimum atomic E-state index is -1.40. The minimum absolute atomic E-state index is 0.0196. The number of aryl methyl sites for hydroxylation is 2. The molecule has 0 unspecified atom stereocenters. The number of aliphatic hydroxyl groups is 1. The standard InChI is InChI=1S/C87H114N10O17/c1-55(2)76(95-74(101)34-41-110-43-45-112-47-48-113-46-44-111-42-40-89-73(100)32-33-75(102)97-52-61-16-8-10-17-65(61)56(3)49-60-15-9-11-19-70(60)97)79(105)93-68(18-12-39-90-82(88)108)77(103)91-62-26-20-57(21-27-62)54-114-83(109)94-69(53-98)78(104)92-63-28-22-58-24-30-71-84(4,66(58)50-63)35-13-37-86(71,6)80(106)96-81(107)87(7)38-14-36-85(5)67-51-64(99)29-23-59(67)25-31-72(85)87/h8-11,15-17,19-23,26-29,50-51,55,68-69,71-72,76,98-99H,3,12-14,18,24-25,30-49,52-54H2,1-2,4-7H3,(H,89,100)(H,91,103)(H,92,104)(H,93,105)(H,94,109)(H,95,101)(H3,88,90,108)(H,96,106,107)/t68-,69-,71+,72+,76-,84+,85+,86-,87-/m0/s1. The van der Waals surface area contributed by atoms with Gasteiger partial charge in [0.15, 0.2) is 0 Å². The number of anilines is 3. The highest BCUT2D eigenvalue weighted by Gasteiger charge is 2.59. The maximum absolute atomic E-state index is 14.8. The van der Waals surface area contributed by atoms with Gasteiger partial charge in [-0.15, -0.1) is 0 Å². The van der Waals surface area contributed by atoms with Crippen LogP contribution < -0.4 is 53.2 Å². The molecule has 0 aromatic heterocycles. The molecule has 0 spiro atoms. The zero-order valence-corrected chi connectivity index (χ0v) is 66.6. The van der Waals surface area contributed by atoms with E-state index in [0.717, 1.165) is 89.6 Å². The van der Waals surface area contributed by atoms with E-state index in [1.165, 1.54) is 5.56 Å². The fourth-order valence-electron chi connectivity index (χ4n) is 17.8. The number of rotatable bonds is 36. The smallest absolute Gasteiger partial charge is 0.408 e. The van der Waals surface area contributed by atoms with E-state index in [9.17, 15) is 58.2 Å². The number of aliphatic hydroxyl groups excluding tert-OH is 1. The molecule has 1 heterocycles. The van der Waals surface area contributed by atoms with Gasteiger partial charge in [-0.25, -0.2) is 9.59 Å². The fourth-order valence-corrected chi connectivity index (χ4v) is 17.8. The van der Waals surface area contributed by atoms with Crippen LogP contribution >= 0.6 is 0 Å². The Morgan fingerprint density at radius 1 is 0.579 bits per heavy atom. The van der Waals surface area contributed by atoms with E-state index in [1.807, 2.05) is 86.6 Å². The lowest BCUT2D eigenvalue weighted by Crippen LogP contribution is -2.60. The molecular formula is C87H114N10O17. The number of hydrogen-bond donors (Lipinski definition) is 11. The first-order chi connectivity index (χ1) is 54.6. The van der Waals surface area contributed by atoms with Crippen molar-refractivity contribution in [1.82, 2.24) is 31.9 Å². The average molecular weight is 1570 g/mol. The summed E-state index contributed by atoms with van der Waals surface area (Å²) in [6.07, 6.45) is 7.48. The van der Waals surface area contributed by atoms with Crippen molar-refractivity contribution in [3.05, 3.63) is 160 Å². The lowest BCUT2D eigenvalue weighted by molar-refractivity contribution is -0.150. The Morgan fingerprint density at radius 2 is 1.15 bits per heavy atom. The number of carbonyl (C=O) groups excluding carboxylic acids is 10. The first kappa shape index (κ1) is 86.3. The number of ether oxygens (including phenoxy) is 5. The summed E-state index contributed by atoms with van der Waals surface area (Å²) in [5, 5.41) is 42.8. The molecule has 9 atom stereocenters. The molecule has 1 aliphatic heterocycles. The van der Waals surface area contributed by atoms with Crippen molar-refractivity contribution in [2.45, 2.75) is 186 Å². The Balaban J connectivity index is 0.599. The van der Waals surface area contributed by atoms with Crippen LogP contribution in [0.1, 0.15) is 170 Å². The number of phenols is 1. The Kier molecular flexibility index (Phi) is 30.1. The number of alkyl carbamates (subject to hydrolysis) is 1. The second kappa shape index (κ2) is 39.8. The van der Waals surface area contributed by atoms with E-state index in [-0.39, 0.29) is 131 Å². The van der Waals surface area contributed by atoms with Gasteiger partial charge in [-0.05, 0) is 192 Å². The van der Waals surface area contributed by atoms with Crippen LogP contribution in [0.4, 0.5) is 26.7 Å². The number of phenolic OH excluding ortho intramolecular Hbond substituents is 1. The number of fused-ring (bicyclic) bond motifs is 8. The van der Waals surface area contributed by atoms with E-state index in [1.54, 1.807) is 55.1 Å². The lowest BCUT2D eigenvalue weighted by Gasteiger charge is -2.56. The topological polar surface area (TPSA) is 383 Å². The summed E-state index contributed by atoms with van der Waals surface area (Å²) in [6.45, 7) is 17.8. The number of nitrogens with one attached hydrogen (secondary N) is 8. The third-order valence-corrected chi connectivity index (χ3v) is 23.9. The molecule has 5 aliphatic rings. The Bertz CT molecular complexity index is 4290. The zero-order chi connectivity index (χ0) is 81.7. The number of nitrogens with zero attached hydrogens (tertiary/aromatic N) is 1. The first-order valence-electron chi connectivity index (χ1n) is 40.1. The number of hydrogen-bond acceptors (Lipinski definition) is 17. The lowest BCUT2D eigenvalue weighted by atomic mass is 9.49. The summed E-state index contributed by atoms with van der Waals surface area (Å²) < 4.78 is 27.8. The van der Waals surface area contributed by atoms with Gasteiger partial charge >= 0.3 is 12.1 Å². The van der Waals surface area contributed by atoms with Crippen molar-refractivity contribution < 1.29 is 81.8 Å². The molecule has 114 heavy (non-hydrogen) atoms. The molecule has 5 aromatic carbocycles. The maximum atomic E-state index is 14.8. The van der Waals surface area contributed by atoms with E-state index >= 15 is 0 Å². The van der Waals surface area contributed by atoms with Gasteiger partial charge in [-0.2, -0.15) is 0 Å². The number of nitrogens with two attached hydrogens (primary N) is 1. The van der Waals surface area contributed by atoms with Gasteiger partial charge in [0.1, 0.15) is 30.5 Å². The van der Waals surface area contributed by atoms with Crippen LogP contribution in [0.2, 0.25) is 0 Å². The normalized spacial score (nSPS) is 21.4. The number of allylic oxidation sites excluding steroid dienone is 1. The predicted molar refractivity (Wildman–Crippen MR) is 430 cm³/mol. The van der Waals surface area contributed by atoms with Crippen molar-refractivity contribution in [2.24, 2.45) is 34.3 Å². The van der Waals surface area contributed by atoms with Crippen molar-refractivity contribution in [2.75, 3.05) is 88.1 Å². The second-order valence-electron chi connectivity index (χ2n) is 32.1. The molecule has 27 heteroatoms. The molecule has 11 amide bonds. The van der Waals surface area contributed by atoms with E-state index < -0.39 is 82.6 Å². The van der Waals surface area contributed by atoms with Crippen molar-refractivity contribution >= 4 is 82.0 Å². The van der Waals surface area contributed by atoms with Gasteiger partial charge in [-0.1, -0.05) is 128 Å². The van der Waals surface area contributed by atoms with E-state index in [4.69, 9.17) is 29.4 Å². The molecule has 0 radical (unpaired) electrons. The summed E-state index contributed by atoms with van der Waals surface area (Å²) in [5.74, 6) is -3.59. The quantitative estimate of drug-likeness (QED) is 0.0131. The molecular weight excluding hydrogens is 1460 g/mol. The SMILES string of the molecule is C=C1Cc2ccccc2N(C(=O)CCC(=O)NCCOCCOCCOCCOCCC(=O)N[C@H](C(=O)N[C@@H](CCCNC(N)=O)C(=O)Nc2ccc(COC(=O)N[C@@H](CO)C(=O)Nc3ccc4c(c3)[C@@]3(C)CCC[C@](C)(C(=O)NC(=O)[C@@]5(C)CCC[C@]6(C)c7cc(O)ccc7CC[C@@H]56)[C@@H]3CC4)cc2)C(C)C)Cc2ccccc21. The summed E-state index contributed by atoms with van der Waals surface area (Å²) in [5.41, 5.74) is 13.3. The van der Waals surface area contributed by atoms with Crippen LogP contribution in [-0.2, 0) is 105 Å². The molecule has 5 aromatic rings. The molecule has 0 saturated heterocycles. The van der Waals surface area contributed by atoms with Crippen LogP contribution in [0.3, 0.4) is 0 Å². The maximum Gasteiger partial charge on any atom is 0.408 e. The largest absolute Gasteiger partial charge is 0.508 e. The third kappa shape index (κ3) is 21.7. The van der Waals surface area contributed by atoms with Crippen LogP contribution in [0, 0.1) is 28.6 Å². The molecule has 27 nitrogen and oxygen atoms in total. The average Bonchev–Trinajstić information content (AvgIpc) is 0.724. The monoisotopic (exact) mass is 1570 g/mol. The zero-order valence-electron chi connectivity index (χ0n) is 66.6. The fraction of sp³-hybridized carbons (Fsp3) is 0.517. The number of aromatic hydroxyl groups is 1. The number of amides is 11. The van der Waals surface area contributed by atoms with E-state index in [0.29, 0.717) is 69.0 Å². The van der Waals surface area contributed by atoms with E-state index in [2.05, 4.69) is 63.0 Å². The number of carbonyl (C=O) groups is 10. The molecule has 12 N–H and O–H groups in total. The highest BCUT2D eigenvalue weighted by atomic mass is 16.6. The number of para-hydroxylation sites is 1. The highest BCUT2D eigenvalue weighted by molar-refractivity contribution is 6.02. The minimum Gasteiger partial charge on any atom is -0.508 e. The van der Waals surface area contributed by atoms with Gasteiger partial charge in [0.05, 0.1) is 76.8 Å². The summed E-state index contributed by atoms with van der Waals surface area (Å²) >= 11 is 0. The van der Waals surface area contributed by atoms with Gasteiger partial charge in [0, 0.05) is 49.4 Å². The Labute approximate surface area is 667 Å². The summed E-state index contributed by atoms with van der Waals surface area (Å²) in [4.78, 5) is 137. The van der Waals surface area contributed by atoms with Crippen molar-refractivity contribution in [1.29, 1.82) is 0 Å². The van der Waals surface area contributed by atoms with Crippen molar-refractivity contribution in [3.8, 4) is 5.75 Å². The number of imide groups is 1. The summed E-state index contributed by atoms with van der Waals surface area (Å²) in [6, 6.07) is 29.0. The first-order valence-corrected chi connectivity index (χ1v) is 40.1. The highest BCUT2D eigenvalue weighted by Crippen LogP contribution is 2.60. The number of urea groups is 1. The Morgan fingerprint density at radius 3 is 1.78 bits per heavy atom. The van der Waals surface area contributed by atoms with Crippen LogP contribution in [0.15, 0.2) is 116 Å². The molecule has 2 saturated carbocycles. The van der Waals surface area contributed by atoms with Gasteiger partial charge < -0.3 is 81.7 Å². The van der Waals surface area contributed by atoms with Crippen molar-refractivity contribution in [3.63, 3.8) is 0 Å². The van der Waals surface area contributed by atoms with Crippen LogP contribution in [-0.4, -0.2) is 160 Å². The molecule has 10 rings (SSSR count). The molecule has 614 valence electrons. The number of primary amides is 1. The molecule has 4 aliphatic carbocycles. The molecule has 0 bridgehead atoms. The summed E-state index contributed by atoms with van der Waals surface area (Å²) in [7, 11) is 0. The second-order valence-corrected chi connectivity index (χ2v) is 32.1.